The Morgan fingerprint density at radius 3 is 2.19 bits per heavy atom. The Morgan fingerprint density at radius 2 is 1.58 bits per heavy atom. The van der Waals surface area contributed by atoms with E-state index < -0.39 is 35.5 Å². The zero-order chi connectivity index (χ0) is 26.0. The van der Waals surface area contributed by atoms with Crippen molar-refractivity contribution in [2.75, 3.05) is 28.4 Å². The van der Waals surface area contributed by atoms with Crippen LogP contribution in [0.3, 0.4) is 0 Å². The minimum absolute atomic E-state index is 0.310. The van der Waals surface area contributed by atoms with Gasteiger partial charge in [0, 0.05) is 28.8 Å². The summed E-state index contributed by atoms with van der Waals surface area (Å²) in [6.07, 6.45) is 0.374. The Balaban J connectivity index is 1.90. The number of hydrogen-bond acceptors (Lipinski definition) is 8. The summed E-state index contributed by atoms with van der Waals surface area (Å²) in [4.78, 5) is 40.1. The Kier molecular flexibility index (Phi) is 7.15. The first kappa shape index (κ1) is 25.0. The Bertz CT molecular complexity index is 1260. The molecule has 0 saturated heterocycles. The summed E-state index contributed by atoms with van der Waals surface area (Å²) < 4.78 is 20.8. The summed E-state index contributed by atoms with van der Waals surface area (Å²) in [7, 11) is 5.70. The lowest BCUT2D eigenvalue weighted by atomic mass is 9.67. The fraction of sp³-hybridized carbons (Fsp3) is 0.321. The summed E-state index contributed by atoms with van der Waals surface area (Å²) in [6, 6.07) is 14.5. The largest absolute Gasteiger partial charge is 0.497 e. The maximum absolute atomic E-state index is 14.1. The molecule has 0 amide bonds. The molecule has 0 fully saturated rings. The van der Waals surface area contributed by atoms with Gasteiger partial charge in [0.2, 0.25) is 0 Å². The minimum atomic E-state index is -1.07. The molecule has 0 saturated carbocycles. The van der Waals surface area contributed by atoms with Gasteiger partial charge >= 0.3 is 11.9 Å². The lowest BCUT2D eigenvalue weighted by molar-refractivity contribution is -0.150. The summed E-state index contributed by atoms with van der Waals surface area (Å²) in [6.45, 7) is 1.78. The number of benzene rings is 2. The van der Waals surface area contributed by atoms with Crippen LogP contribution in [0.2, 0.25) is 0 Å². The molecule has 36 heavy (non-hydrogen) atoms. The van der Waals surface area contributed by atoms with Crippen LogP contribution in [-0.4, -0.2) is 46.2 Å². The molecule has 188 valence electrons. The third-order valence-corrected chi connectivity index (χ3v) is 6.85. The van der Waals surface area contributed by atoms with Gasteiger partial charge in [-0.05, 0) is 48.7 Å². The molecular formula is C28H29NO7. The summed E-state index contributed by atoms with van der Waals surface area (Å²) in [5.41, 5.74) is 3.41. The average Bonchev–Trinajstić information content (AvgIpc) is 2.91. The Morgan fingerprint density at radius 1 is 0.889 bits per heavy atom. The van der Waals surface area contributed by atoms with Gasteiger partial charge in [-0.3, -0.25) is 9.59 Å². The highest BCUT2D eigenvalue weighted by molar-refractivity contribution is 6.13. The molecule has 0 spiro atoms. The van der Waals surface area contributed by atoms with Crippen molar-refractivity contribution in [1.82, 2.24) is 5.32 Å². The van der Waals surface area contributed by atoms with Crippen molar-refractivity contribution < 1.29 is 33.3 Å². The maximum atomic E-state index is 14.1. The molecule has 0 aromatic heterocycles. The highest BCUT2D eigenvalue weighted by atomic mass is 16.5. The number of ketones is 1. The SMILES string of the molecule is COC(=O)C1=C(C)NC2=C(C(=O)[C@H](C(=O)OC)[C@H](c3ccc(OC)cc3)C2)[C@@H]1c1cccc(OC)c1. The van der Waals surface area contributed by atoms with E-state index in [1.165, 1.54) is 14.2 Å². The number of ether oxygens (including phenoxy) is 4. The molecule has 2 aromatic rings. The van der Waals surface area contributed by atoms with Gasteiger partial charge in [0.1, 0.15) is 17.4 Å². The number of hydrogen-bond donors (Lipinski definition) is 1. The van der Waals surface area contributed by atoms with E-state index in [9.17, 15) is 14.4 Å². The van der Waals surface area contributed by atoms with Crippen molar-refractivity contribution in [3.8, 4) is 11.5 Å². The minimum Gasteiger partial charge on any atom is -0.497 e. The van der Waals surface area contributed by atoms with Crippen molar-refractivity contribution in [3.63, 3.8) is 0 Å². The molecule has 1 aliphatic heterocycles. The molecule has 4 rings (SSSR count). The molecular weight excluding hydrogens is 462 g/mol. The maximum Gasteiger partial charge on any atom is 0.336 e. The zero-order valence-corrected chi connectivity index (χ0v) is 20.9. The molecule has 2 aromatic carbocycles. The molecule has 1 N–H and O–H groups in total. The van der Waals surface area contributed by atoms with Gasteiger partial charge in [-0.1, -0.05) is 24.3 Å². The van der Waals surface area contributed by atoms with Gasteiger partial charge in [0.05, 0.1) is 34.0 Å². The van der Waals surface area contributed by atoms with Gasteiger partial charge in [0.25, 0.3) is 0 Å². The fourth-order valence-corrected chi connectivity index (χ4v) is 5.13. The molecule has 0 bridgehead atoms. The normalized spacial score (nSPS) is 21.4. The summed E-state index contributed by atoms with van der Waals surface area (Å²) in [5, 5.41) is 3.27. The van der Waals surface area contributed by atoms with Gasteiger partial charge in [-0.15, -0.1) is 0 Å². The smallest absolute Gasteiger partial charge is 0.336 e. The Hall–Kier alpha value is -4.07. The highest BCUT2D eigenvalue weighted by Crippen LogP contribution is 2.48. The molecule has 0 radical (unpaired) electrons. The predicted molar refractivity (Wildman–Crippen MR) is 131 cm³/mol. The van der Waals surface area contributed by atoms with Crippen molar-refractivity contribution in [3.05, 3.63) is 82.2 Å². The van der Waals surface area contributed by atoms with E-state index >= 15 is 0 Å². The van der Waals surface area contributed by atoms with Gasteiger partial charge in [0.15, 0.2) is 5.78 Å². The van der Waals surface area contributed by atoms with Crippen LogP contribution in [0.4, 0.5) is 0 Å². The molecule has 0 unspecified atom stereocenters. The number of carbonyl (C=O) groups excluding carboxylic acids is 3. The van der Waals surface area contributed by atoms with E-state index in [1.807, 2.05) is 18.2 Å². The van der Waals surface area contributed by atoms with E-state index in [2.05, 4.69) is 5.32 Å². The van der Waals surface area contributed by atoms with E-state index in [0.29, 0.717) is 46.0 Å². The first-order valence-corrected chi connectivity index (χ1v) is 11.5. The average molecular weight is 492 g/mol. The second-order valence-corrected chi connectivity index (χ2v) is 8.71. The number of esters is 2. The number of carbonyl (C=O) groups is 3. The van der Waals surface area contributed by atoms with Crippen molar-refractivity contribution in [2.24, 2.45) is 5.92 Å². The number of methoxy groups -OCH3 is 4. The number of allylic oxidation sites excluding steroid dienone is 3. The van der Waals surface area contributed by atoms with E-state index in [4.69, 9.17) is 18.9 Å². The van der Waals surface area contributed by atoms with Crippen LogP contribution in [0, 0.1) is 5.92 Å². The molecule has 8 heteroatoms. The van der Waals surface area contributed by atoms with E-state index in [0.717, 1.165) is 5.56 Å². The van der Waals surface area contributed by atoms with Crippen LogP contribution in [0.5, 0.6) is 11.5 Å². The van der Waals surface area contributed by atoms with Crippen LogP contribution < -0.4 is 14.8 Å². The molecule has 3 atom stereocenters. The van der Waals surface area contributed by atoms with Crippen LogP contribution in [0.15, 0.2) is 71.1 Å². The lowest BCUT2D eigenvalue weighted by Crippen LogP contribution is -2.43. The number of nitrogens with one attached hydrogen (secondary N) is 1. The van der Waals surface area contributed by atoms with Gasteiger partial charge < -0.3 is 24.3 Å². The van der Waals surface area contributed by atoms with Crippen molar-refractivity contribution >= 4 is 17.7 Å². The monoisotopic (exact) mass is 491 g/mol. The van der Waals surface area contributed by atoms with Gasteiger partial charge in [-0.2, -0.15) is 0 Å². The fourth-order valence-electron chi connectivity index (χ4n) is 5.13. The number of dihydropyridines is 1. The van der Waals surface area contributed by atoms with Crippen LogP contribution in [-0.2, 0) is 23.9 Å². The first-order valence-electron chi connectivity index (χ1n) is 11.5. The Labute approximate surface area is 209 Å². The van der Waals surface area contributed by atoms with E-state index in [1.54, 1.807) is 51.5 Å². The highest BCUT2D eigenvalue weighted by Gasteiger charge is 2.49. The first-order chi connectivity index (χ1) is 17.3. The lowest BCUT2D eigenvalue weighted by Gasteiger charge is -2.39. The third kappa shape index (κ3) is 4.34. The predicted octanol–water partition coefficient (Wildman–Crippen LogP) is 3.64. The van der Waals surface area contributed by atoms with Crippen LogP contribution >= 0.6 is 0 Å². The quantitative estimate of drug-likeness (QED) is 0.483. The van der Waals surface area contributed by atoms with E-state index in [-0.39, 0.29) is 0 Å². The standard InChI is InChI=1S/C28H29NO7/c1-15-22(27(31)35-4)23(17-7-6-8-19(13-17)34-3)25-21(29-15)14-20(24(26(25)30)28(32)36-5)16-9-11-18(33-2)12-10-16/h6-13,20,23-24,29H,14H2,1-5H3/t20-,23+,24+/m0/s1. The molecule has 2 aliphatic rings. The number of Topliss-reactive ketones (excluding diaryl/α,β-unsaturated/α-hetero) is 1. The molecule has 8 nitrogen and oxygen atoms in total. The number of rotatable bonds is 6. The molecule has 1 heterocycles. The van der Waals surface area contributed by atoms with Crippen molar-refractivity contribution in [1.29, 1.82) is 0 Å². The second-order valence-electron chi connectivity index (χ2n) is 8.71. The zero-order valence-electron chi connectivity index (χ0n) is 20.9. The van der Waals surface area contributed by atoms with Crippen LogP contribution in [0.1, 0.15) is 36.3 Å². The summed E-state index contributed by atoms with van der Waals surface area (Å²) in [5.74, 6) is -2.58. The second kappa shape index (κ2) is 10.3. The van der Waals surface area contributed by atoms with Crippen LogP contribution in [0.25, 0.3) is 0 Å². The third-order valence-electron chi connectivity index (χ3n) is 6.85. The van der Waals surface area contributed by atoms with Gasteiger partial charge in [-0.25, -0.2) is 4.79 Å². The van der Waals surface area contributed by atoms with Crippen molar-refractivity contribution in [2.45, 2.75) is 25.2 Å². The molecule has 1 aliphatic carbocycles. The summed E-state index contributed by atoms with van der Waals surface area (Å²) >= 11 is 0. The topological polar surface area (TPSA) is 100 Å².